The first-order chi connectivity index (χ1) is 19.2. The van der Waals surface area contributed by atoms with Gasteiger partial charge in [-0.1, -0.05) is 218 Å². The van der Waals surface area contributed by atoms with E-state index in [0.29, 0.717) is 0 Å². The number of hydrogen-bond acceptors (Lipinski definition) is 0. The second-order valence-electron chi connectivity index (χ2n) is 12.9. The van der Waals surface area contributed by atoms with Crippen LogP contribution in [0.3, 0.4) is 0 Å². The highest BCUT2D eigenvalue weighted by Gasteiger charge is 2.00. The van der Waals surface area contributed by atoms with E-state index >= 15 is 0 Å². The summed E-state index contributed by atoms with van der Waals surface area (Å²) < 4.78 is 0. The van der Waals surface area contributed by atoms with Crippen molar-refractivity contribution in [1.82, 2.24) is 0 Å². The van der Waals surface area contributed by atoms with Gasteiger partial charge < -0.3 is 0 Å². The average Bonchev–Trinajstić information content (AvgIpc) is 2.94. The maximum absolute atomic E-state index is 4.39. The maximum Gasteiger partial charge on any atom is -0.0285 e. The molecule has 0 rings (SSSR count). The Labute approximate surface area is 249 Å². The molecule has 0 saturated carbocycles. The monoisotopic (exact) mass is 545 g/mol. The van der Waals surface area contributed by atoms with Gasteiger partial charge in [-0.3, -0.25) is 0 Å². The minimum Gasteiger partial charge on any atom is -0.0958 e. The SMILES string of the molecule is C=C(/C=C(/CC)CCCCCCCCCCCCCCCC)CCCCCCCCCCCCCCCCC. The van der Waals surface area contributed by atoms with Crippen molar-refractivity contribution in [3.8, 4) is 0 Å². The molecule has 0 heterocycles. The molecule has 0 amide bonds. The van der Waals surface area contributed by atoms with E-state index in [1.807, 2.05) is 0 Å². The van der Waals surface area contributed by atoms with Crippen LogP contribution in [0.25, 0.3) is 0 Å². The lowest BCUT2D eigenvalue weighted by Crippen LogP contribution is -1.88. The maximum atomic E-state index is 4.39. The van der Waals surface area contributed by atoms with Crippen LogP contribution in [-0.4, -0.2) is 0 Å². The van der Waals surface area contributed by atoms with Crippen molar-refractivity contribution in [3.05, 3.63) is 23.8 Å². The molecule has 0 aliphatic rings. The largest absolute Gasteiger partial charge is 0.0958 e. The molecule has 0 heteroatoms. The Balaban J connectivity index is 3.47. The third-order valence-corrected chi connectivity index (χ3v) is 8.82. The molecule has 232 valence electrons. The first kappa shape index (κ1) is 38.5. The van der Waals surface area contributed by atoms with E-state index in [4.69, 9.17) is 0 Å². The zero-order valence-corrected chi connectivity index (χ0v) is 27.9. The molecular formula is C39H76. The predicted octanol–water partition coefficient (Wildman–Crippen LogP) is 15.0. The molecule has 0 aliphatic heterocycles. The Morgan fingerprint density at radius 2 is 0.615 bits per heavy atom. The van der Waals surface area contributed by atoms with Crippen LogP contribution in [0.4, 0.5) is 0 Å². The number of allylic oxidation sites excluding steroid dienone is 3. The lowest BCUT2D eigenvalue weighted by molar-refractivity contribution is 0.532. The molecule has 39 heavy (non-hydrogen) atoms. The quantitative estimate of drug-likeness (QED) is 0.0569. The third-order valence-electron chi connectivity index (χ3n) is 8.82. The van der Waals surface area contributed by atoms with Gasteiger partial charge >= 0.3 is 0 Å². The van der Waals surface area contributed by atoms with E-state index in [9.17, 15) is 0 Å². The van der Waals surface area contributed by atoms with Crippen molar-refractivity contribution in [3.63, 3.8) is 0 Å². The summed E-state index contributed by atoms with van der Waals surface area (Å²) in [5.41, 5.74) is 3.02. The average molecular weight is 545 g/mol. The van der Waals surface area contributed by atoms with Gasteiger partial charge in [-0.25, -0.2) is 0 Å². The van der Waals surface area contributed by atoms with Gasteiger partial charge in [0, 0.05) is 0 Å². The fraction of sp³-hybridized carbons (Fsp3) is 0.897. The summed E-state index contributed by atoms with van der Waals surface area (Å²) in [5.74, 6) is 0. The van der Waals surface area contributed by atoms with Crippen LogP contribution >= 0.6 is 0 Å². The van der Waals surface area contributed by atoms with Crippen molar-refractivity contribution in [2.75, 3.05) is 0 Å². The van der Waals surface area contributed by atoms with Crippen molar-refractivity contribution in [2.45, 2.75) is 226 Å². The van der Waals surface area contributed by atoms with Crippen LogP contribution in [0.5, 0.6) is 0 Å². The first-order valence-electron chi connectivity index (χ1n) is 18.6. The standard InChI is InChI=1S/C39H76/c1-5-8-10-12-14-16-18-20-22-23-25-27-29-31-33-35-38(4)37-39(7-3)36-34-32-30-28-26-24-21-19-17-15-13-11-9-6-2/h37H,4-36H2,1-3H3/b39-37-. The van der Waals surface area contributed by atoms with E-state index in [2.05, 4.69) is 33.4 Å². The van der Waals surface area contributed by atoms with Crippen molar-refractivity contribution >= 4 is 0 Å². The molecule has 0 aromatic carbocycles. The van der Waals surface area contributed by atoms with Gasteiger partial charge in [0.2, 0.25) is 0 Å². The molecule has 0 aromatic rings. The van der Waals surface area contributed by atoms with Gasteiger partial charge in [-0.15, -0.1) is 0 Å². The predicted molar refractivity (Wildman–Crippen MR) is 182 cm³/mol. The normalized spacial score (nSPS) is 11.9. The number of rotatable bonds is 33. The molecule has 0 aliphatic carbocycles. The zero-order valence-electron chi connectivity index (χ0n) is 27.9. The summed E-state index contributed by atoms with van der Waals surface area (Å²) in [6, 6.07) is 0. The molecule has 0 aromatic heterocycles. The minimum absolute atomic E-state index is 1.20. The van der Waals surface area contributed by atoms with Crippen LogP contribution in [0, 0.1) is 0 Å². The lowest BCUT2D eigenvalue weighted by atomic mass is 9.99. The fourth-order valence-electron chi connectivity index (χ4n) is 5.98. The molecular weight excluding hydrogens is 468 g/mol. The van der Waals surface area contributed by atoms with Crippen LogP contribution in [-0.2, 0) is 0 Å². The van der Waals surface area contributed by atoms with Crippen LogP contribution < -0.4 is 0 Å². The molecule has 0 bridgehead atoms. The van der Waals surface area contributed by atoms with Crippen molar-refractivity contribution in [2.24, 2.45) is 0 Å². The second-order valence-corrected chi connectivity index (χ2v) is 12.9. The van der Waals surface area contributed by atoms with Crippen LogP contribution in [0.1, 0.15) is 226 Å². The topological polar surface area (TPSA) is 0 Å². The molecule has 0 radical (unpaired) electrons. The Morgan fingerprint density at radius 1 is 0.359 bits per heavy atom. The van der Waals surface area contributed by atoms with Gasteiger partial charge in [0.25, 0.3) is 0 Å². The fourth-order valence-corrected chi connectivity index (χ4v) is 5.98. The van der Waals surface area contributed by atoms with E-state index < -0.39 is 0 Å². The minimum atomic E-state index is 1.20. The summed E-state index contributed by atoms with van der Waals surface area (Å²) in [6.45, 7) is 11.3. The lowest BCUT2D eigenvalue weighted by Gasteiger charge is -2.08. The van der Waals surface area contributed by atoms with Crippen LogP contribution in [0.15, 0.2) is 23.8 Å². The van der Waals surface area contributed by atoms with Gasteiger partial charge in [-0.05, 0) is 32.1 Å². The smallest absolute Gasteiger partial charge is 0.0285 e. The molecule has 0 spiro atoms. The highest BCUT2D eigenvalue weighted by atomic mass is 14.1. The summed E-state index contributed by atoms with van der Waals surface area (Å²) >= 11 is 0. The second kappa shape index (κ2) is 33.7. The number of unbranched alkanes of at least 4 members (excludes halogenated alkanes) is 27. The first-order valence-corrected chi connectivity index (χ1v) is 18.6. The Hall–Kier alpha value is -0.520. The summed E-state index contributed by atoms with van der Waals surface area (Å²) in [5, 5.41) is 0. The Morgan fingerprint density at radius 3 is 0.897 bits per heavy atom. The van der Waals surface area contributed by atoms with Gasteiger partial charge in [0.05, 0.1) is 0 Å². The van der Waals surface area contributed by atoms with Gasteiger partial charge in [0.1, 0.15) is 0 Å². The number of hydrogen-bond donors (Lipinski definition) is 0. The van der Waals surface area contributed by atoms with E-state index in [0.717, 1.165) is 0 Å². The van der Waals surface area contributed by atoms with Crippen molar-refractivity contribution in [1.29, 1.82) is 0 Å². The highest BCUT2D eigenvalue weighted by Crippen LogP contribution is 2.20. The summed E-state index contributed by atoms with van der Waals surface area (Å²) in [4.78, 5) is 0. The molecule has 0 nitrogen and oxygen atoms in total. The molecule has 0 unspecified atom stereocenters. The Kier molecular flexibility index (Phi) is 33.2. The molecule has 0 fully saturated rings. The van der Waals surface area contributed by atoms with Crippen molar-refractivity contribution < 1.29 is 0 Å². The highest BCUT2D eigenvalue weighted by molar-refractivity contribution is 5.20. The summed E-state index contributed by atoms with van der Waals surface area (Å²) in [7, 11) is 0. The molecule has 0 N–H and O–H groups in total. The Bertz CT molecular complexity index is 498. The van der Waals surface area contributed by atoms with E-state index in [-0.39, 0.29) is 0 Å². The van der Waals surface area contributed by atoms with E-state index in [1.165, 1.54) is 211 Å². The van der Waals surface area contributed by atoms with E-state index in [1.54, 1.807) is 5.57 Å². The third kappa shape index (κ3) is 31.9. The summed E-state index contributed by atoms with van der Waals surface area (Å²) in [6.07, 6.45) is 48.0. The van der Waals surface area contributed by atoms with Crippen LogP contribution in [0.2, 0.25) is 0 Å². The van der Waals surface area contributed by atoms with Gasteiger partial charge in [0.15, 0.2) is 0 Å². The molecule has 0 atom stereocenters. The zero-order chi connectivity index (χ0) is 28.5. The van der Waals surface area contributed by atoms with Gasteiger partial charge in [-0.2, -0.15) is 0 Å². The molecule has 0 saturated heterocycles.